The molecule has 2 aromatic rings. The van der Waals surface area contributed by atoms with Crippen molar-refractivity contribution >= 4 is 35.0 Å². The summed E-state index contributed by atoms with van der Waals surface area (Å²) < 4.78 is 38.9. The zero-order valence-corrected chi connectivity index (χ0v) is 13.8. The van der Waals surface area contributed by atoms with Gasteiger partial charge in [0, 0.05) is 16.1 Å². The molecule has 0 aliphatic carbocycles. The summed E-state index contributed by atoms with van der Waals surface area (Å²) in [4.78, 5) is 24.6. The summed E-state index contributed by atoms with van der Waals surface area (Å²) in [6.07, 6.45) is -4.49. The smallest absolute Gasteiger partial charge is 0.324 e. The van der Waals surface area contributed by atoms with Gasteiger partial charge in [-0.2, -0.15) is 13.2 Å². The van der Waals surface area contributed by atoms with Crippen molar-refractivity contribution in [3.05, 3.63) is 53.1 Å². The quantitative estimate of drug-likeness (QED) is 0.833. The van der Waals surface area contributed by atoms with Crippen molar-refractivity contribution in [3.63, 3.8) is 0 Å². The van der Waals surface area contributed by atoms with Crippen molar-refractivity contribution in [3.8, 4) is 0 Å². The number of carbonyl (C=O) groups is 2. The molecule has 3 rings (SSSR count). The van der Waals surface area contributed by atoms with Crippen molar-refractivity contribution in [2.75, 3.05) is 16.4 Å². The first-order valence-corrected chi connectivity index (χ1v) is 8.28. The van der Waals surface area contributed by atoms with E-state index < -0.39 is 17.6 Å². The molecule has 2 aromatic carbocycles. The van der Waals surface area contributed by atoms with Crippen LogP contribution in [0.15, 0.2) is 41.3 Å². The number of hydrogen-bond acceptors (Lipinski definition) is 3. The molecule has 0 bridgehead atoms. The van der Waals surface area contributed by atoms with Crippen LogP contribution in [0.5, 0.6) is 0 Å². The number of carbonyl (C=O) groups excluding carboxylic acids is 2. The van der Waals surface area contributed by atoms with Crippen LogP contribution in [0, 0.1) is 6.92 Å². The van der Waals surface area contributed by atoms with Crippen molar-refractivity contribution in [1.82, 2.24) is 0 Å². The minimum absolute atomic E-state index is 0.0547. The molecule has 0 spiro atoms. The van der Waals surface area contributed by atoms with E-state index in [9.17, 15) is 22.8 Å². The van der Waals surface area contributed by atoms with Crippen LogP contribution < -0.4 is 10.6 Å². The van der Waals surface area contributed by atoms with Crippen LogP contribution in [-0.2, 0) is 11.0 Å². The highest BCUT2D eigenvalue weighted by atomic mass is 32.2. The first-order chi connectivity index (χ1) is 11.7. The van der Waals surface area contributed by atoms with Gasteiger partial charge in [-0.3, -0.25) is 9.59 Å². The van der Waals surface area contributed by atoms with Crippen LogP contribution in [0.2, 0.25) is 0 Å². The Kier molecular flexibility index (Phi) is 4.47. The third-order valence-corrected chi connectivity index (χ3v) is 4.75. The van der Waals surface area contributed by atoms with Crippen LogP contribution in [0.1, 0.15) is 21.5 Å². The fourth-order valence-electron chi connectivity index (χ4n) is 2.43. The third kappa shape index (κ3) is 3.79. The van der Waals surface area contributed by atoms with E-state index in [0.717, 1.165) is 11.0 Å². The summed E-state index contributed by atoms with van der Waals surface area (Å²) in [5.74, 6) is -0.407. The molecule has 0 fully saturated rings. The molecule has 4 nitrogen and oxygen atoms in total. The number of benzene rings is 2. The lowest BCUT2D eigenvalue weighted by Gasteiger charge is -2.17. The standard InChI is InChI=1S/C17H13F3N2O2S/c1-9-2-4-11(7-12(9)17(18,19)20)21-16(24)10-3-5-14-13(6-10)22-15(23)8-25-14/h2-7H,8H2,1H3,(H,21,24)(H,22,23). The van der Waals surface area contributed by atoms with Crippen LogP contribution in [0.25, 0.3) is 0 Å². The average Bonchev–Trinajstić information content (AvgIpc) is 2.54. The van der Waals surface area contributed by atoms with Crippen molar-refractivity contribution in [1.29, 1.82) is 0 Å². The van der Waals surface area contributed by atoms with E-state index in [0.29, 0.717) is 11.4 Å². The summed E-state index contributed by atoms with van der Waals surface area (Å²) in [5, 5.41) is 5.12. The summed E-state index contributed by atoms with van der Waals surface area (Å²) in [6.45, 7) is 1.36. The van der Waals surface area contributed by atoms with Gasteiger partial charge in [0.15, 0.2) is 0 Å². The number of thioether (sulfide) groups is 1. The average molecular weight is 366 g/mol. The van der Waals surface area contributed by atoms with Gasteiger partial charge in [0.05, 0.1) is 17.0 Å². The van der Waals surface area contributed by atoms with E-state index >= 15 is 0 Å². The second kappa shape index (κ2) is 6.44. The fraction of sp³-hybridized carbons (Fsp3) is 0.176. The van der Waals surface area contributed by atoms with Gasteiger partial charge in [-0.1, -0.05) is 6.07 Å². The molecule has 1 aliphatic heterocycles. The Morgan fingerprint density at radius 1 is 1.20 bits per heavy atom. The Bertz CT molecular complexity index is 865. The van der Waals surface area contributed by atoms with Gasteiger partial charge in [0.25, 0.3) is 5.91 Å². The minimum Gasteiger partial charge on any atom is -0.324 e. The molecular formula is C17H13F3N2O2S. The van der Waals surface area contributed by atoms with Crippen LogP contribution in [-0.4, -0.2) is 17.6 Å². The molecule has 130 valence electrons. The van der Waals surface area contributed by atoms with E-state index in [1.54, 1.807) is 12.1 Å². The predicted molar refractivity (Wildman–Crippen MR) is 89.9 cm³/mol. The van der Waals surface area contributed by atoms with Gasteiger partial charge < -0.3 is 10.6 Å². The Hall–Kier alpha value is -2.48. The minimum atomic E-state index is -4.49. The monoisotopic (exact) mass is 366 g/mol. The van der Waals surface area contributed by atoms with Crippen molar-refractivity contribution in [2.45, 2.75) is 18.0 Å². The maximum absolute atomic E-state index is 13.0. The highest BCUT2D eigenvalue weighted by Gasteiger charge is 2.32. The van der Waals surface area contributed by atoms with Crippen LogP contribution in [0.4, 0.5) is 24.5 Å². The maximum Gasteiger partial charge on any atom is 0.416 e. The summed E-state index contributed by atoms with van der Waals surface area (Å²) in [6, 6.07) is 8.40. The Balaban J connectivity index is 1.83. The Labute approximate surface area is 145 Å². The van der Waals surface area contributed by atoms with Gasteiger partial charge in [-0.05, 0) is 42.8 Å². The van der Waals surface area contributed by atoms with Crippen LogP contribution in [0.3, 0.4) is 0 Å². The van der Waals surface area contributed by atoms with Gasteiger partial charge in [-0.15, -0.1) is 11.8 Å². The first-order valence-electron chi connectivity index (χ1n) is 7.30. The van der Waals surface area contributed by atoms with Crippen molar-refractivity contribution < 1.29 is 22.8 Å². The molecule has 25 heavy (non-hydrogen) atoms. The summed E-state index contributed by atoms with van der Waals surface area (Å²) in [5.41, 5.74) is 0.113. The molecule has 1 aliphatic rings. The predicted octanol–water partition coefficient (Wildman–Crippen LogP) is 4.31. The lowest BCUT2D eigenvalue weighted by Crippen LogP contribution is -2.20. The Morgan fingerprint density at radius 3 is 2.68 bits per heavy atom. The Morgan fingerprint density at radius 2 is 1.96 bits per heavy atom. The molecule has 8 heteroatoms. The molecule has 0 unspecified atom stereocenters. The molecule has 0 atom stereocenters. The first kappa shape index (κ1) is 17.3. The van der Waals surface area contributed by atoms with Crippen LogP contribution >= 0.6 is 11.8 Å². The summed E-state index contributed by atoms with van der Waals surface area (Å²) in [7, 11) is 0. The second-order valence-electron chi connectivity index (χ2n) is 5.53. The number of amides is 2. The van der Waals surface area contributed by atoms with Gasteiger partial charge in [0.1, 0.15) is 0 Å². The fourth-order valence-corrected chi connectivity index (χ4v) is 3.22. The maximum atomic E-state index is 13.0. The number of halogens is 3. The van der Waals surface area contributed by atoms with Gasteiger partial charge in [-0.25, -0.2) is 0 Å². The zero-order chi connectivity index (χ0) is 18.2. The van der Waals surface area contributed by atoms with Gasteiger partial charge in [0.2, 0.25) is 5.91 Å². The van der Waals surface area contributed by atoms with E-state index in [1.807, 2.05) is 0 Å². The number of fused-ring (bicyclic) bond motifs is 1. The SMILES string of the molecule is Cc1ccc(NC(=O)c2ccc3c(c2)NC(=O)CS3)cc1C(F)(F)F. The van der Waals surface area contributed by atoms with Crippen molar-refractivity contribution in [2.24, 2.45) is 0 Å². The number of alkyl halides is 3. The molecule has 0 aromatic heterocycles. The zero-order valence-electron chi connectivity index (χ0n) is 13.0. The van der Waals surface area contributed by atoms with Gasteiger partial charge >= 0.3 is 6.18 Å². The highest BCUT2D eigenvalue weighted by Crippen LogP contribution is 2.34. The summed E-state index contributed by atoms with van der Waals surface area (Å²) >= 11 is 1.36. The molecule has 0 saturated carbocycles. The number of nitrogens with one attached hydrogen (secondary N) is 2. The molecule has 0 radical (unpaired) electrons. The number of anilines is 2. The van der Waals surface area contributed by atoms with E-state index in [-0.39, 0.29) is 22.7 Å². The molecule has 1 heterocycles. The molecule has 2 N–H and O–H groups in total. The molecular weight excluding hydrogens is 353 g/mol. The normalized spacial score (nSPS) is 13.8. The number of rotatable bonds is 2. The van der Waals surface area contributed by atoms with E-state index in [1.165, 1.54) is 36.9 Å². The second-order valence-corrected chi connectivity index (χ2v) is 6.55. The molecule has 2 amide bonds. The highest BCUT2D eigenvalue weighted by molar-refractivity contribution is 8.00. The molecule has 0 saturated heterocycles. The van der Waals surface area contributed by atoms with E-state index in [2.05, 4.69) is 10.6 Å². The lowest BCUT2D eigenvalue weighted by molar-refractivity contribution is -0.138. The van der Waals surface area contributed by atoms with E-state index in [4.69, 9.17) is 0 Å². The largest absolute Gasteiger partial charge is 0.416 e. The topological polar surface area (TPSA) is 58.2 Å². The third-order valence-electron chi connectivity index (χ3n) is 3.68. The lowest BCUT2D eigenvalue weighted by atomic mass is 10.1. The number of hydrogen-bond donors (Lipinski definition) is 2. The number of aryl methyl sites for hydroxylation is 1.